The number of fused-ring (bicyclic) bond motifs is 2. The van der Waals surface area contributed by atoms with E-state index < -0.39 is 0 Å². The normalized spacial score (nSPS) is 13.2. The predicted molar refractivity (Wildman–Crippen MR) is 113 cm³/mol. The number of hydrogen-bond donors (Lipinski definition) is 2. The minimum absolute atomic E-state index is 0.0500. The molecule has 0 aliphatic carbocycles. The van der Waals surface area contributed by atoms with E-state index in [0.29, 0.717) is 47.3 Å². The summed E-state index contributed by atoms with van der Waals surface area (Å²) in [7, 11) is 0. The van der Waals surface area contributed by atoms with Crippen molar-refractivity contribution in [3.05, 3.63) is 54.2 Å². The lowest BCUT2D eigenvalue weighted by molar-refractivity contribution is 0.171. The number of rotatable bonds is 3. The van der Waals surface area contributed by atoms with Crippen molar-refractivity contribution in [3.8, 4) is 40.1 Å². The molecule has 0 saturated carbocycles. The number of aromatic hydroxyl groups is 2. The van der Waals surface area contributed by atoms with E-state index in [1.165, 1.54) is 6.07 Å². The van der Waals surface area contributed by atoms with Gasteiger partial charge in [0.05, 0.1) is 11.3 Å². The van der Waals surface area contributed by atoms with Gasteiger partial charge < -0.3 is 19.7 Å². The molecule has 3 heterocycles. The zero-order chi connectivity index (χ0) is 20.8. The third kappa shape index (κ3) is 2.90. The molecule has 0 amide bonds. The Morgan fingerprint density at radius 3 is 2.57 bits per heavy atom. The van der Waals surface area contributed by atoms with Gasteiger partial charge in [-0.15, -0.1) is 0 Å². The standard InChI is InChI=1S/C23H21N3O4/c1-13(2)15-11-16(19(28)12-18(15)27)22-25-17-4-3-7-24-23(17)26(22)14-5-6-20-21(10-14)30-9-8-29-20/h3-7,10-13,27-28H,8-9H2,1-2H3. The van der Waals surface area contributed by atoms with E-state index in [-0.39, 0.29) is 17.4 Å². The molecule has 2 N–H and O–H groups in total. The minimum atomic E-state index is -0.0500. The van der Waals surface area contributed by atoms with Crippen molar-refractivity contribution in [2.75, 3.05) is 13.2 Å². The van der Waals surface area contributed by atoms with Crippen LogP contribution in [0, 0.1) is 0 Å². The van der Waals surface area contributed by atoms with Crippen molar-refractivity contribution >= 4 is 11.2 Å². The first-order chi connectivity index (χ1) is 14.5. The van der Waals surface area contributed by atoms with Gasteiger partial charge in [0.1, 0.15) is 30.2 Å². The maximum Gasteiger partial charge on any atom is 0.164 e. The van der Waals surface area contributed by atoms with Crippen LogP contribution in [-0.4, -0.2) is 38.0 Å². The molecule has 0 bridgehead atoms. The maximum absolute atomic E-state index is 10.7. The number of ether oxygens (including phenoxy) is 2. The Labute approximate surface area is 173 Å². The quantitative estimate of drug-likeness (QED) is 0.527. The smallest absolute Gasteiger partial charge is 0.164 e. The Balaban J connectivity index is 1.78. The molecule has 5 rings (SSSR count). The van der Waals surface area contributed by atoms with E-state index in [2.05, 4.69) is 4.98 Å². The van der Waals surface area contributed by atoms with E-state index in [1.54, 1.807) is 12.3 Å². The molecule has 0 saturated heterocycles. The van der Waals surface area contributed by atoms with Crippen molar-refractivity contribution in [3.63, 3.8) is 0 Å². The summed E-state index contributed by atoms with van der Waals surface area (Å²) in [4.78, 5) is 9.27. The molecular weight excluding hydrogens is 382 g/mol. The molecule has 0 atom stereocenters. The lowest BCUT2D eigenvalue weighted by Gasteiger charge is -2.20. The second-order valence-electron chi connectivity index (χ2n) is 7.53. The van der Waals surface area contributed by atoms with Gasteiger partial charge in [-0.2, -0.15) is 0 Å². The first-order valence-corrected chi connectivity index (χ1v) is 9.82. The number of pyridine rings is 1. The highest BCUT2D eigenvalue weighted by Gasteiger charge is 2.22. The van der Waals surface area contributed by atoms with Crippen molar-refractivity contribution in [2.24, 2.45) is 0 Å². The Morgan fingerprint density at radius 2 is 1.77 bits per heavy atom. The van der Waals surface area contributed by atoms with Crippen molar-refractivity contribution in [2.45, 2.75) is 19.8 Å². The highest BCUT2D eigenvalue weighted by atomic mass is 16.6. The Morgan fingerprint density at radius 1 is 0.967 bits per heavy atom. The van der Waals surface area contributed by atoms with Gasteiger partial charge in [-0.1, -0.05) is 13.8 Å². The molecular formula is C23H21N3O4. The second-order valence-corrected chi connectivity index (χ2v) is 7.53. The molecule has 1 aliphatic heterocycles. The maximum atomic E-state index is 10.7. The van der Waals surface area contributed by atoms with Gasteiger partial charge in [0.2, 0.25) is 0 Å². The molecule has 7 heteroatoms. The van der Waals surface area contributed by atoms with Gasteiger partial charge in [-0.25, -0.2) is 9.97 Å². The Hall–Kier alpha value is -3.74. The van der Waals surface area contributed by atoms with E-state index in [0.717, 1.165) is 11.3 Å². The first kappa shape index (κ1) is 18.3. The van der Waals surface area contributed by atoms with Crippen LogP contribution in [0.4, 0.5) is 0 Å². The summed E-state index contributed by atoms with van der Waals surface area (Å²) in [5, 5.41) is 20.9. The third-order valence-electron chi connectivity index (χ3n) is 5.21. The number of imidazole rings is 1. The third-order valence-corrected chi connectivity index (χ3v) is 5.21. The SMILES string of the molecule is CC(C)c1cc(-c2nc3cccnc3n2-c2ccc3c(c2)OCCO3)c(O)cc1O. The lowest BCUT2D eigenvalue weighted by Crippen LogP contribution is -2.15. The van der Waals surface area contributed by atoms with Gasteiger partial charge in [0.15, 0.2) is 23.0 Å². The van der Waals surface area contributed by atoms with Crippen LogP contribution < -0.4 is 9.47 Å². The molecule has 2 aromatic heterocycles. The Bertz CT molecular complexity index is 1260. The zero-order valence-electron chi connectivity index (χ0n) is 16.7. The molecule has 0 spiro atoms. The fourth-order valence-electron chi connectivity index (χ4n) is 3.74. The van der Waals surface area contributed by atoms with Crippen LogP contribution in [0.15, 0.2) is 48.7 Å². The highest BCUT2D eigenvalue weighted by molar-refractivity contribution is 5.82. The van der Waals surface area contributed by atoms with Crippen LogP contribution in [0.2, 0.25) is 0 Å². The summed E-state index contributed by atoms with van der Waals surface area (Å²) in [6, 6.07) is 12.5. The molecule has 152 valence electrons. The average Bonchev–Trinajstić information content (AvgIpc) is 3.12. The molecule has 30 heavy (non-hydrogen) atoms. The number of benzene rings is 2. The topological polar surface area (TPSA) is 89.6 Å². The number of phenolic OH excluding ortho intramolecular Hbond substituents is 2. The lowest BCUT2D eigenvalue weighted by atomic mass is 9.98. The summed E-state index contributed by atoms with van der Waals surface area (Å²) in [6.07, 6.45) is 1.71. The van der Waals surface area contributed by atoms with E-state index in [9.17, 15) is 10.2 Å². The van der Waals surface area contributed by atoms with Gasteiger partial charge >= 0.3 is 0 Å². The van der Waals surface area contributed by atoms with Gasteiger partial charge in [0.25, 0.3) is 0 Å². The molecule has 4 aromatic rings. The molecule has 0 radical (unpaired) electrons. The van der Waals surface area contributed by atoms with Crippen molar-refractivity contribution < 1.29 is 19.7 Å². The van der Waals surface area contributed by atoms with Crippen molar-refractivity contribution in [1.82, 2.24) is 14.5 Å². The molecule has 0 fully saturated rings. The molecule has 2 aromatic carbocycles. The van der Waals surface area contributed by atoms with Crippen LogP contribution in [0.5, 0.6) is 23.0 Å². The monoisotopic (exact) mass is 403 g/mol. The van der Waals surface area contributed by atoms with Crippen LogP contribution >= 0.6 is 0 Å². The highest BCUT2D eigenvalue weighted by Crippen LogP contribution is 2.40. The predicted octanol–water partition coefficient (Wildman–Crippen LogP) is 4.39. The summed E-state index contributed by atoms with van der Waals surface area (Å²) in [5.41, 5.74) is 3.39. The fourth-order valence-corrected chi connectivity index (χ4v) is 3.74. The van der Waals surface area contributed by atoms with E-state index >= 15 is 0 Å². The van der Waals surface area contributed by atoms with E-state index in [4.69, 9.17) is 14.5 Å². The van der Waals surface area contributed by atoms with Gasteiger partial charge in [0, 0.05) is 18.3 Å². The second kappa shape index (κ2) is 6.95. The summed E-state index contributed by atoms with van der Waals surface area (Å²) < 4.78 is 13.3. The first-order valence-electron chi connectivity index (χ1n) is 9.82. The molecule has 7 nitrogen and oxygen atoms in total. The molecule has 0 unspecified atom stereocenters. The summed E-state index contributed by atoms with van der Waals surface area (Å²) in [5.74, 6) is 1.96. The number of phenols is 2. The van der Waals surface area contributed by atoms with Crippen LogP contribution in [0.1, 0.15) is 25.3 Å². The van der Waals surface area contributed by atoms with Gasteiger partial charge in [-0.05, 0) is 41.8 Å². The Kier molecular flexibility index (Phi) is 4.24. The number of nitrogens with zero attached hydrogens (tertiary/aromatic N) is 3. The largest absolute Gasteiger partial charge is 0.508 e. The number of hydrogen-bond acceptors (Lipinski definition) is 6. The van der Waals surface area contributed by atoms with Crippen LogP contribution in [-0.2, 0) is 0 Å². The minimum Gasteiger partial charge on any atom is -0.508 e. The average molecular weight is 403 g/mol. The van der Waals surface area contributed by atoms with E-state index in [1.807, 2.05) is 48.7 Å². The van der Waals surface area contributed by atoms with Gasteiger partial charge in [-0.3, -0.25) is 4.57 Å². The molecule has 1 aliphatic rings. The van der Waals surface area contributed by atoms with Crippen LogP contribution in [0.25, 0.3) is 28.2 Å². The zero-order valence-corrected chi connectivity index (χ0v) is 16.7. The summed E-state index contributed by atoms with van der Waals surface area (Å²) >= 11 is 0. The number of aromatic nitrogens is 3. The van der Waals surface area contributed by atoms with Crippen LogP contribution in [0.3, 0.4) is 0 Å². The van der Waals surface area contributed by atoms with Crippen molar-refractivity contribution in [1.29, 1.82) is 0 Å². The fraction of sp³-hybridized carbons (Fsp3) is 0.217. The summed E-state index contributed by atoms with van der Waals surface area (Å²) in [6.45, 7) is 4.98.